The van der Waals surface area contributed by atoms with Gasteiger partial charge in [0.25, 0.3) is 0 Å². The van der Waals surface area contributed by atoms with Gasteiger partial charge < -0.3 is 9.84 Å². The zero-order chi connectivity index (χ0) is 18.0. The molecule has 1 fully saturated rings. The third kappa shape index (κ3) is 4.32. The van der Waals surface area contributed by atoms with Crippen molar-refractivity contribution in [3.8, 4) is 16.9 Å². The molecular weight excluding hydrogens is 333 g/mol. The molecule has 0 unspecified atom stereocenters. The molecule has 0 spiro atoms. The van der Waals surface area contributed by atoms with Gasteiger partial charge in [0.2, 0.25) is 0 Å². The fourth-order valence-electron chi connectivity index (χ4n) is 2.65. The van der Waals surface area contributed by atoms with Gasteiger partial charge in [-0.1, -0.05) is 30.3 Å². The number of carboxylic acid groups (broad SMARTS) is 1. The van der Waals surface area contributed by atoms with Crippen molar-refractivity contribution in [2.45, 2.75) is 25.4 Å². The summed E-state index contributed by atoms with van der Waals surface area (Å²) in [5.41, 5.74) is -0.0582. The lowest BCUT2D eigenvalue weighted by Gasteiger charge is -2.18. The number of carbonyl (C=O) groups is 1. The molecule has 25 heavy (non-hydrogen) atoms. The lowest BCUT2D eigenvalue weighted by Crippen LogP contribution is -2.14. The molecule has 3 rings (SSSR count). The smallest absolute Gasteiger partial charge is 0.416 e. The van der Waals surface area contributed by atoms with E-state index in [9.17, 15) is 18.0 Å². The number of rotatable bonds is 6. The Morgan fingerprint density at radius 1 is 1.16 bits per heavy atom. The van der Waals surface area contributed by atoms with Crippen molar-refractivity contribution in [2.24, 2.45) is 5.92 Å². The van der Waals surface area contributed by atoms with E-state index in [0.29, 0.717) is 23.7 Å². The normalized spacial score (nSPS) is 14.4. The number of benzene rings is 2. The molecular formula is C19H17F3O3. The second-order valence-electron chi connectivity index (χ2n) is 6.19. The highest BCUT2D eigenvalue weighted by atomic mass is 19.4. The van der Waals surface area contributed by atoms with Gasteiger partial charge in [-0.25, -0.2) is 0 Å². The van der Waals surface area contributed by atoms with Gasteiger partial charge in [-0.15, -0.1) is 0 Å². The first-order chi connectivity index (χ1) is 11.8. The second-order valence-corrected chi connectivity index (χ2v) is 6.19. The number of hydrogen-bond donors (Lipinski definition) is 1. The zero-order valence-electron chi connectivity index (χ0n) is 13.3. The topological polar surface area (TPSA) is 46.5 Å². The maximum Gasteiger partial charge on any atom is 0.416 e. The Kier molecular flexibility index (Phi) is 4.70. The third-order valence-corrected chi connectivity index (χ3v) is 4.11. The van der Waals surface area contributed by atoms with Crippen LogP contribution in [-0.2, 0) is 17.4 Å². The van der Waals surface area contributed by atoms with Gasteiger partial charge in [0.15, 0.2) is 0 Å². The van der Waals surface area contributed by atoms with Crippen molar-refractivity contribution < 1.29 is 27.8 Å². The summed E-state index contributed by atoms with van der Waals surface area (Å²) < 4.78 is 45.8. The lowest BCUT2D eigenvalue weighted by atomic mass is 9.96. The highest BCUT2D eigenvalue weighted by Gasteiger charge is 2.35. The lowest BCUT2D eigenvalue weighted by molar-refractivity contribution is -0.139. The van der Waals surface area contributed by atoms with Crippen LogP contribution in [0.15, 0.2) is 42.5 Å². The fraction of sp³-hybridized carbons (Fsp3) is 0.316. The van der Waals surface area contributed by atoms with Gasteiger partial charge in [-0.2, -0.15) is 13.2 Å². The van der Waals surface area contributed by atoms with Crippen LogP contribution in [0.1, 0.15) is 24.0 Å². The van der Waals surface area contributed by atoms with Crippen molar-refractivity contribution in [3.05, 3.63) is 53.6 Å². The highest BCUT2D eigenvalue weighted by Crippen LogP contribution is 2.41. The Bertz CT molecular complexity index is 765. The van der Waals surface area contributed by atoms with E-state index in [4.69, 9.17) is 9.84 Å². The van der Waals surface area contributed by atoms with Gasteiger partial charge in [0.1, 0.15) is 5.75 Å². The highest BCUT2D eigenvalue weighted by molar-refractivity contribution is 5.76. The maximum absolute atomic E-state index is 13.4. The zero-order valence-corrected chi connectivity index (χ0v) is 13.3. The van der Waals surface area contributed by atoms with E-state index in [1.807, 2.05) is 0 Å². The summed E-state index contributed by atoms with van der Waals surface area (Å²) in [4.78, 5) is 11.0. The van der Waals surface area contributed by atoms with Crippen molar-refractivity contribution in [2.75, 3.05) is 6.61 Å². The predicted molar refractivity (Wildman–Crippen MR) is 86.4 cm³/mol. The minimum atomic E-state index is -4.64. The molecule has 0 bridgehead atoms. The van der Waals surface area contributed by atoms with Gasteiger partial charge in [0, 0.05) is 5.56 Å². The predicted octanol–water partition coefficient (Wildman–Crippen LogP) is 4.79. The molecule has 0 heterocycles. The standard InChI is InChI=1S/C19H17F3O3/c20-19(21,22)16-10-17(25-11-12-6-7-12)15(8-14(16)9-18(23)24)13-4-2-1-3-5-13/h1-5,8,10,12H,6-7,9,11H2,(H,23,24). The van der Waals surface area contributed by atoms with Gasteiger partial charge in [-0.05, 0) is 42.0 Å². The minimum Gasteiger partial charge on any atom is -0.493 e. The average molecular weight is 350 g/mol. The molecule has 1 aliphatic rings. The minimum absolute atomic E-state index is 0.138. The summed E-state index contributed by atoms with van der Waals surface area (Å²) in [6.45, 7) is 0.370. The summed E-state index contributed by atoms with van der Waals surface area (Å²) in [6.07, 6.45) is -3.30. The SMILES string of the molecule is O=C(O)Cc1cc(-c2ccccc2)c(OCC2CC2)cc1C(F)(F)F. The summed E-state index contributed by atoms with van der Waals surface area (Å²) >= 11 is 0. The molecule has 0 amide bonds. The van der Waals surface area contributed by atoms with E-state index in [1.165, 1.54) is 6.07 Å². The molecule has 1 saturated carbocycles. The van der Waals surface area contributed by atoms with Crippen LogP contribution < -0.4 is 4.74 Å². The van der Waals surface area contributed by atoms with Crippen LogP contribution in [0.25, 0.3) is 11.1 Å². The number of aliphatic carboxylic acids is 1. The molecule has 0 aromatic heterocycles. The first-order valence-corrected chi connectivity index (χ1v) is 7.98. The molecule has 0 saturated heterocycles. The van der Waals surface area contributed by atoms with Crippen molar-refractivity contribution >= 4 is 5.97 Å². The monoisotopic (exact) mass is 350 g/mol. The van der Waals surface area contributed by atoms with Crippen LogP contribution in [0.5, 0.6) is 5.75 Å². The molecule has 6 heteroatoms. The molecule has 2 aromatic carbocycles. The molecule has 132 valence electrons. The number of halogens is 3. The van der Waals surface area contributed by atoms with E-state index in [1.54, 1.807) is 30.3 Å². The quantitative estimate of drug-likeness (QED) is 0.815. The third-order valence-electron chi connectivity index (χ3n) is 4.11. The Labute approximate surface area is 143 Å². The van der Waals surface area contributed by atoms with E-state index in [-0.39, 0.29) is 11.3 Å². The van der Waals surface area contributed by atoms with Gasteiger partial charge in [-0.3, -0.25) is 4.79 Å². The van der Waals surface area contributed by atoms with Crippen LogP contribution in [0, 0.1) is 5.92 Å². The van der Waals surface area contributed by atoms with E-state index >= 15 is 0 Å². The van der Waals surface area contributed by atoms with Crippen LogP contribution in [-0.4, -0.2) is 17.7 Å². The Hall–Kier alpha value is -2.50. The van der Waals surface area contributed by atoms with Crippen molar-refractivity contribution in [1.82, 2.24) is 0 Å². The molecule has 3 nitrogen and oxygen atoms in total. The maximum atomic E-state index is 13.4. The molecule has 1 aliphatic carbocycles. The molecule has 0 aliphatic heterocycles. The summed E-state index contributed by atoms with van der Waals surface area (Å²) in [5.74, 6) is -0.785. The summed E-state index contributed by atoms with van der Waals surface area (Å²) in [7, 11) is 0. The first-order valence-electron chi connectivity index (χ1n) is 7.98. The number of carboxylic acids is 1. The number of alkyl halides is 3. The molecule has 0 atom stereocenters. The van der Waals surface area contributed by atoms with Crippen LogP contribution >= 0.6 is 0 Å². The van der Waals surface area contributed by atoms with Crippen LogP contribution in [0.4, 0.5) is 13.2 Å². The number of hydrogen-bond acceptors (Lipinski definition) is 2. The van der Waals surface area contributed by atoms with Crippen molar-refractivity contribution in [3.63, 3.8) is 0 Å². The Balaban J connectivity index is 2.10. The van der Waals surface area contributed by atoms with Crippen LogP contribution in [0.3, 0.4) is 0 Å². The summed E-state index contributed by atoms with van der Waals surface area (Å²) in [6, 6.07) is 11.1. The van der Waals surface area contributed by atoms with Gasteiger partial charge in [0.05, 0.1) is 18.6 Å². The van der Waals surface area contributed by atoms with Crippen LogP contribution in [0.2, 0.25) is 0 Å². The molecule has 0 radical (unpaired) electrons. The molecule has 1 N–H and O–H groups in total. The van der Waals surface area contributed by atoms with E-state index in [2.05, 4.69) is 0 Å². The second kappa shape index (κ2) is 6.78. The largest absolute Gasteiger partial charge is 0.493 e. The summed E-state index contributed by atoms with van der Waals surface area (Å²) in [5, 5.41) is 8.97. The Morgan fingerprint density at radius 2 is 1.84 bits per heavy atom. The van der Waals surface area contributed by atoms with Gasteiger partial charge >= 0.3 is 12.1 Å². The van der Waals surface area contributed by atoms with E-state index in [0.717, 1.165) is 18.9 Å². The fourth-order valence-corrected chi connectivity index (χ4v) is 2.65. The first kappa shape index (κ1) is 17.3. The van der Waals surface area contributed by atoms with E-state index < -0.39 is 24.1 Å². The number of ether oxygens (including phenoxy) is 1. The Morgan fingerprint density at radius 3 is 2.40 bits per heavy atom. The van der Waals surface area contributed by atoms with Crippen molar-refractivity contribution in [1.29, 1.82) is 0 Å². The average Bonchev–Trinajstić information content (AvgIpc) is 3.37. The molecule has 2 aromatic rings.